The Hall–Kier alpha value is -1.01. The molecule has 0 amide bonds. The Labute approximate surface area is 126 Å². The number of aromatic nitrogens is 4. The van der Waals surface area contributed by atoms with E-state index in [2.05, 4.69) is 39.0 Å². The molecule has 1 aliphatic heterocycles. The summed E-state index contributed by atoms with van der Waals surface area (Å²) in [7, 11) is 0. The number of nitrogens with zero attached hydrogens (tertiary/aromatic N) is 5. The third-order valence-electron chi connectivity index (χ3n) is 4.77. The molecule has 0 radical (unpaired) electrons. The fourth-order valence-corrected chi connectivity index (χ4v) is 3.72. The maximum atomic E-state index is 5.49. The maximum absolute atomic E-state index is 5.49. The summed E-state index contributed by atoms with van der Waals surface area (Å²) in [6.45, 7) is 8.10. The van der Waals surface area contributed by atoms with Gasteiger partial charge in [0.1, 0.15) is 0 Å². The number of morpholine rings is 1. The molecule has 1 aromatic rings. The first kappa shape index (κ1) is 14.9. The average Bonchev–Trinajstić information content (AvgIpc) is 2.98. The van der Waals surface area contributed by atoms with Crippen LogP contribution in [0.25, 0.3) is 0 Å². The number of rotatable bonds is 4. The van der Waals surface area contributed by atoms with Crippen molar-refractivity contribution in [1.29, 1.82) is 0 Å². The van der Waals surface area contributed by atoms with Crippen LogP contribution in [0.3, 0.4) is 0 Å². The number of ether oxygens (including phenoxy) is 1. The molecule has 2 aliphatic rings. The van der Waals surface area contributed by atoms with Crippen LogP contribution < -0.4 is 0 Å². The highest BCUT2D eigenvalue weighted by Gasteiger charge is 2.32. The first-order valence-electron chi connectivity index (χ1n) is 8.37. The summed E-state index contributed by atoms with van der Waals surface area (Å²) in [5, 5.41) is 12.7. The molecule has 1 aromatic heterocycles. The number of tetrazole rings is 1. The first-order chi connectivity index (χ1) is 10.3. The van der Waals surface area contributed by atoms with Gasteiger partial charge in [0.25, 0.3) is 0 Å². The topological polar surface area (TPSA) is 56.1 Å². The Bertz CT molecular complexity index is 435. The van der Waals surface area contributed by atoms with Gasteiger partial charge in [-0.15, -0.1) is 5.10 Å². The van der Waals surface area contributed by atoms with Gasteiger partial charge in [-0.05, 0) is 29.2 Å². The minimum absolute atomic E-state index is 0.297. The molecule has 1 aliphatic carbocycles. The van der Waals surface area contributed by atoms with E-state index < -0.39 is 0 Å². The predicted octanol–water partition coefficient (Wildman–Crippen LogP) is 2.21. The third-order valence-corrected chi connectivity index (χ3v) is 4.77. The summed E-state index contributed by atoms with van der Waals surface area (Å²) in [6, 6.07) is 0.789. The van der Waals surface area contributed by atoms with Gasteiger partial charge in [-0.25, -0.2) is 4.68 Å². The van der Waals surface area contributed by atoms with E-state index in [9.17, 15) is 0 Å². The van der Waals surface area contributed by atoms with Crippen molar-refractivity contribution >= 4 is 0 Å². The second-order valence-corrected chi connectivity index (χ2v) is 6.61. The molecule has 118 valence electrons. The van der Waals surface area contributed by atoms with Crippen LogP contribution in [0.2, 0.25) is 0 Å². The van der Waals surface area contributed by atoms with E-state index in [0.717, 1.165) is 32.1 Å². The summed E-state index contributed by atoms with van der Waals surface area (Å²) < 4.78 is 7.62. The lowest BCUT2D eigenvalue weighted by Crippen LogP contribution is -2.42. The van der Waals surface area contributed by atoms with Gasteiger partial charge < -0.3 is 4.74 Å². The summed E-state index contributed by atoms with van der Waals surface area (Å²) in [5.41, 5.74) is 0. The van der Waals surface area contributed by atoms with Crippen LogP contribution >= 0.6 is 0 Å². The molecular weight excluding hydrogens is 266 g/mol. The smallest absolute Gasteiger partial charge is 0.168 e. The minimum Gasteiger partial charge on any atom is -0.379 e. The second-order valence-electron chi connectivity index (χ2n) is 6.61. The van der Waals surface area contributed by atoms with Crippen LogP contribution in [0.1, 0.15) is 63.9 Å². The second kappa shape index (κ2) is 6.83. The Morgan fingerprint density at radius 3 is 2.48 bits per heavy atom. The molecule has 3 rings (SSSR count). The van der Waals surface area contributed by atoms with E-state index in [1.54, 1.807) is 0 Å². The molecule has 21 heavy (non-hydrogen) atoms. The molecule has 0 spiro atoms. The van der Waals surface area contributed by atoms with E-state index in [0.29, 0.717) is 18.0 Å². The van der Waals surface area contributed by atoms with Crippen molar-refractivity contribution in [3.05, 3.63) is 5.82 Å². The van der Waals surface area contributed by atoms with Gasteiger partial charge in [-0.2, -0.15) is 0 Å². The van der Waals surface area contributed by atoms with E-state index >= 15 is 0 Å². The van der Waals surface area contributed by atoms with E-state index in [4.69, 9.17) is 4.74 Å². The lowest BCUT2D eigenvalue weighted by molar-refractivity contribution is 0.00162. The zero-order chi connectivity index (χ0) is 14.7. The minimum atomic E-state index is 0.297. The standard InChI is InChI=1S/C15H27N5O/c1-12(2)14(19-8-10-21-11-9-19)15-16-17-18-20(15)13-6-4-3-5-7-13/h12-14H,3-11H2,1-2H3/t14-/m1/s1. The van der Waals surface area contributed by atoms with Gasteiger partial charge in [-0.1, -0.05) is 33.1 Å². The largest absolute Gasteiger partial charge is 0.379 e. The summed E-state index contributed by atoms with van der Waals surface area (Å²) >= 11 is 0. The molecule has 0 aromatic carbocycles. The highest BCUT2D eigenvalue weighted by atomic mass is 16.5. The van der Waals surface area contributed by atoms with Crippen molar-refractivity contribution in [1.82, 2.24) is 25.1 Å². The van der Waals surface area contributed by atoms with E-state index in [1.165, 1.54) is 32.1 Å². The van der Waals surface area contributed by atoms with Crippen molar-refractivity contribution < 1.29 is 4.74 Å². The quantitative estimate of drug-likeness (QED) is 0.852. The Morgan fingerprint density at radius 1 is 1.10 bits per heavy atom. The molecule has 0 bridgehead atoms. The monoisotopic (exact) mass is 293 g/mol. The summed E-state index contributed by atoms with van der Waals surface area (Å²) in [5.74, 6) is 1.55. The van der Waals surface area contributed by atoms with Gasteiger partial charge in [0.05, 0.1) is 25.3 Å². The Balaban J connectivity index is 1.83. The molecule has 1 saturated carbocycles. The highest BCUT2D eigenvalue weighted by Crippen LogP contribution is 2.33. The normalized spacial score (nSPS) is 23.6. The van der Waals surface area contributed by atoms with Crippen LogP contribution in [-0.2, 0) is 4.74 Å². The van der Waals surface area contributed by atoms with Crippen molar-refractivity contribution in [2.24, 2.45) is 5.92 Å². The zero-order valence-electron chi connectivity index (χ0n) is 13.2. The highest BCUT2D eigenvalue weighted by molar-refractivity contribution is 4.98. The van der Waals surface area contributed by atoms with Crippen molar-refractivity contribution in [3.8, 4) is 0 Å². The predicted molar refractivity (Wildman–Crippen MR) is 79.9 cm³/mol. The first-order valence-corrected chi connectivity index (χ1v) is 8.37. The van der Waals surface area contributed by atoms with Crippen molar-refractivity contribution in [2.75, 3.05) is 26.3 Å². The Kier molecular flexibility index (Phi) is 4.85. The summed E-state index contributed by atoms with van der Waals surface area (Å²) in [4.78, 5) is 2.49. The van der Waals surface area contributed by atoms with Gasteiger partial charge >= 0.3 is 0 Å². The van der Waals surface area contributed by atoms with Crippen LogP contribution in [0.4, 0.5) is 0 Å². The maximum Gasteiger partial charge on any atom is 0.168 e. The number of hydrogen-bond donors (Lipinski definition) is 0. The molecule has 0 N–H and O–H groups in total. The summed E-state index contributed by atoms with van der Waals surface area (Å²) in [6.07, 6.45) is 6.38. The average molecular weight is 293 g/mol. The molecular formula is C15H27N5O. The molecule has 2 heterocycles. The van der Waals surface area contributed by atoms with Crippen LogP contribution in [0, 0.1) is 5.92 Å². The lowest BCUT2D eigenvalue weighted by atomic mass is 9.94. The molecule has 6 nitrogen and oxygen atoms in total. The van der Waals surface area contributed by atoms with Crippen molar-refractivity contribution in [3.63, 3.8) is 0 Å². The van der Waals surface area contributed by atoms with Gasteiger partial charge in [-0.3, -0.25) is 4.90 Å². The lowest BCUT2D eigenvalue weighted by Gasteiger charge is -2.36. The molecule has 1 atom stereocenters. The van der Waals surface area contributed by atoms with Crippen molar-refractivity contribution in [2.45, 2.75) is 58.0 Å². The zero-order valence-corrected chi connectivity index (χ0v) is 13.2. The van der Waals surface area contributed by atoms with Gasteiger partial charge in [0.2, 0.25) is 0 Å². The van der Waals surface area contributed by atoms with E-state index in [1.807, 2.05) is 0 Å². The van der Waals surface area contributed by atoms with Crippen LogP contribution in [0.5, 0.6) is 0 Å². The molecule has 6 heteroatoms. The number of hydrogen-bond acceptors (Lipinski definition) is 5. The SMILES string of the molecule is CC(C)[C@H](c1nnnn1C1CCCCC1)N1CCOCC1. The molecule has 0 unspecified atom stereocenters. The Morgan fingerprint density at radius 2 is 1.81 bits per heavy atom. The van der Waals surface area contributed by atoms with Crippen LogP contribution in [0.15, 0.2) is 0 Å². The van der Waals surface area contributed by atoms with Crippen LogP contribution in [-0.4, -0.2) is 51.4 Å². The third kappa shape index (κ3) is 3.26. The fraction of sp³-hybridized carbons (Fsp3) is 0.933. The van der Waals surface area contributed by atoms with Gasteiger partial charge in [0.15, 0.2) is 5.82 Å². The molecule has 1 saturated heterocycles. The van der Waals surface area contributed by atoms with E-state index in [-0.39, 0.29) is 0 Å². The van der Waals surface area contributed by atoms with Gasteiger partial charge in [0, 0.05) is 13.1 Å². The molecule has 2 fully saturated rings. The fourth-order valence-electron chi connectivity index (χ4n) is 3.72.